The van der Waals surface area contributed by atoms with Crippen molar-refractivity contribution in [3.8, 4) is 0 Å². The number of piperazine rings is 1. The third-order valence-corrected chi connectivity index (χ3v) is 6.81. The summed E-state index contributed by atoms with van der Waals surface area (Å²) in [5.74, 6) is -1.43. The maximum atomic E-state index is 14.7. The lowest BCUT2D eigenvalue weighted by Crippen LogP contribution is -2.52. The second-order valence-electron chi connectivity index (χ2n) is 10.6. The highest BCUT2D eigenvalue weighted by atomic mass is 19.1. The van der Waals surface area contributed by atoms with Crippen molar-refractivity contribution >= 4 is 0 Å². The molecular formula is C27H35F2N5O. The molecule has 0 spiro atoms. The molecule has 1 unspecified atom stereocenters. The van der Waals surface area contributed by atoms with Gasteiger partial charge in [0, 0.05) is 50.9 Å². The van der Waals surface area contributed by atoms with E-state index in [1.54, 1.807) is 0 Å². The molecule has 35 heavy (non-hydrogen) atoms. The maximum absolute atomic E-state index is 14.7. The highest BCUT2D eigenvalue weighted by Gasteiger charge is 2.36. The lowest BCUT2D eigenvalue weighted by molar-refractivity contribution is -0.0317. The molecule has 1 fully saturated rings. The first-order chi connectivity index (χ1) is 16.6. The molecule has 1 aromatic heterocycles. The average molecular weight is 484 g/mol. The van der Waals surface area contributed by atoms with Gasteiger partial charge in [-0.15, -0.1) is 0 Å². The van der Waals surface area contributed by atoms with Crippen LogP contribution in [0.15, 0.2) is 55.1 Å². The zero-order valence-corrected chi connectivity index (χ0v) is 20.8. The number of halogens is 2. The van der Waals surface area contributed by atoms with Gasteiger partial charge in [-0.05, 0) is 29.0 Å². The minimum Gasteiger partial charge on any atom is -0.382 e. The van der Waals surface area contributed by atoms with Crippen LogP contribution in [0.4, 0.5) is 8.78 Å². The van der Waals surface area contributed by atoms with Crippen LogP contribution in [-0.4, -0.2) is 68.9 Å². The molecule has 1 atom stereocenters. The van der Waals surface area contributed by atoms with Gasteiger partial charge in [-0.2, -0.15) is 5.10 Å². The van der Waals surface area contributed by atoms with Crippen LogP contribution in [0.3, 0.4) is 0 Å². The topological polar surface area (TPSA) is 57.4 Å². The summed E-state index contributed by atoms with van der Waals surface area (Å²) in [6, 6.07) is 12.2. The highest BCUT2D eigenvalue weighted by Crippen LogP contribution is 2.28. The smallest absolute Gasteiger partial charge is 0.137 e. The van der Waals surface area contributed by atoms with Gasteiger partial charge in [-0.25, -0.2) is 18.4 Å². The molecular weight excluding hydrogens is 448 g/mol. The Kier molecular flexibility index (Phi) is 7.64. The number of hydrogen-bond donors (Lipinski definition) is 1. The van der Waals surface area contributed by atoms with Crippen LogP contribution in [0, 0.1) is 11.6 Å². The predicted octanol–water partition coefficient (Wildman–Crippen LogP) is 3.60. The fraction of sp³-hybridized carbons (Fsp3) is 0.481. The van der Waals surface area contributed by atoms with Gasteiger partial charge in [0.25, 0.3) is 0 Å². The van der Waals surface area contributed by atoms with E-state index < -0.39 is 17.2 Å². The SMILES string of the molecule is CC(C)(C)c1ccc(CCN2CCN(CC(O)(Cn3cncn3)c3ccc(F)cc3F)CC2)cc1. The Balaban J connectivity index is 1.35. The van der Waals surface area contributed by atoms with E-state index in [9.17, 15) is 13.9 Å². The van der Waals surface area contributed by atoms with Crippen molar-refractivity contribution in [1.29, 1.82) is 0 Å². The van der Waals surface area contributed by atoms with Crippen molar-refractivity contribution in [2.24, 2.45) is 0 Å². The number of β-amino-alcohol motifs (C(OH)–C–C–N with tert-alkyl or cyclic N) is 1. The van der Waals surface area contributed by atoms with Crippen LogP contribution in [0.2, 0.25) is 0 Å². The normalized spacial score (nSPS) is 17.4. The molecule has 3 aromatic rings. The van der Waals surface area contributed by atoms with Crippen LogP contribution in [0.25, 0.3) is 0 Å². The van der Waals surface area contributed by atoms with Crippen molar-refractivity contribution in [1.82, 2.24) is 24.6 Å². The monoisotopic (exact) mass is 483 g/mol. The third-order valence-electron chi connectivity index (χ3n) is 6.81. The second-order valence-corrected chi connectivity index (χ2v) is 10.6. The fourth-order valence-corrected chi connectivity index (χ4v) is 4.67. The van der Waals surface area contributed by atoms with E-state index in [2.05, 4.69) is 64.9 Å². The lowest BCUT2D eigenvalue weighted by atomic mass is 9.86. The zero-order chi connectivity index (χ0) is 25.1. The molecule has 188 valence electrons. The van der Waals surface area contributed by atoms with Crippen molar-refractivity contribution in [3.63, 3.8) is 0 Å². The summed E-state index contributed by atoms with van der Waals surface area (Å²) in [5.41, 5.74) is 1.32. The molecule has 0 amide bonds. The number of aromatic nitrogens is 3. The molecule has 4 rings (SSSR count). The molecule has 8 heteroatoms. The Bertz CT molecular complexity index is 1090. The van der Waals surface area contributed by atoms with Crippen LogP contribution < -0.4 is 0 Å². The van der Waals surface area contributed by atoms with Gasteiger partial charge in [-0.3, -0.25) is 4.90 Å². The number of hydrogen-bond acceptors (Lipinski definition) is 5. The quantitative estimate of drug-likeness (QED) is 0.531. The minimum atomic E-state index is -1.57. The largest absolute Gasteiger partial charge is 0.382 e. The van der Waals surface area contributed by atoms with E-state index in [1.807, 2.05) is 0 Å². The van der Waals surface area contributed by atoms with Gasteiger partial charge in [-0.1, -0.05) is 51.1 Å². The van der Waals surface area contributed by atoms with E-state index in [0.717, 1.165) is 45.2 Å². The molecule has 1 aliphatic rings. The number of nitrogens with zero attached hydrogens (tertiary/aromatic N) is 5. The summed E-state index contributed by atoms with van der Waals surface area (Å²) in [4.78, 5) is 8.48. The molecule has 1 aliphatic heterocycles. The first-order valence-electron chi connectivity index (χ1n) is 12.2. The molecule has 1 saturated heterocycles. The van der Waals surface area contributed by atoms with E-state index in [0.29, 0.717) is 0 Å². The Morgan fingerprint density at radius 1 is 0.914 bits per heavy atom. The molecule has 2 heterocycles. The van der Waals surface area contributed by atoms with E-state index in [1.165, 1.54) is 40.6 Å². The Morgan fingerprint density at radius 3 is 2.20 bits per heavy atom. The predicted molar refractivity (Wildman–Crippen MR) is 132 cm³/mol. The van der Waals surface area contributed by atoms with Crippen LogP contribution in [0.5, 0.6) is 0 Å². The second kappa shape index (κ2) is 10.5. The Labute approximate surface area is 206 Å². The molecule has 1 N–H and O–H groups in total. The summed E-state index contributed by atoms with van der Waals surface area (Å²) in [6.45, 7) is 11.1. The molecule has 0 aliphatic carbocycles. The summed E-state index contributed by atoms with van der Waals surface area (Å²) >= 11 is 0. The van der Waals surface area contributed by atoms with Crippen molar-refractivity contribution in [3.05, 3.63) is 83.4 Å². The van der Waals surface area contributed by atoms with Crippen molar-refractivity contribution < 1.29 is 13.9 Å². The zero-order valence-electron chi connectivity index (χ0n) is 20.8. The summed E-state index contributed by atoms with van der Waals surface area (Å²) < 4.78 is 29.7. The minimum absolute atomic E-state index is 0.0281. The maximum Gasteiger partial charge on any atom is 0.137 e. The van der Waals surface area contributed by atoms with Gasteiger partial charge in [0.2, 0.25) is 0 Å². The van der Waals surface area contributed by atoms with E-state index in [4.69, 9.17) is 0 Å². The van der Waals surface area contributed by atoms with Gasteiger partial charge in [0.15, 0.2) is 0 Å². The molecule has 0 saturated carbocycles. The standard InChI is InChI=1S/C27H35F2N5O/c1-26(2,3)22-6-4-21(5-7-22)10-11-32-12-14-33(15-13-32)17-27(35,18-34-20-30-19-31-34)24-9-8-23(28)16-25(24)29/h4-9,16,19-20,35H,10-15,17-18H2,1-3H3. The van der Waals surface area contributed by atoms with Gasteiger partial charge < -0.3 is 10.0 Å². The van der Waals surface area contributed by atoms with Crippen LogP contribution >= 0.6 is 0 Å². The van der Waals surface area contributed by atoms with Gasteiger partial charge in [0.1, 0.15) is 29.9 Å². The summed E-state index contributed by atoms with van der Waals surface area (Å²) in [5, 5.41) is 15.6. The average Bonchev–Trinajstić information content (AvgIpc) is 3.31. The lowest BCUT2D eigenvalue weighted by Gasteiger charge is -2.39. The molecule has 0 bridgehead atoms. The third kappa shape index (κ3) is 6.51. The summed E-state index contributed by atoms with van der Waals surface area (Å²) in [7, 11) is 0. The first kappa shape index (κ1) is 25.4. The molecule has 2 aromatic carbocycles. The van der Waals surface area contributed by atoms with Gasteiger partial charge in [0.05, 0.1) is 6.54 Å². The van der Waals surface area contributed by atoms with Crippen molar-refractivity contribution in [2.45, 2.75) is 44.8 Å². The number of rotatable bonds is 8. The Morgan fingerprint density at radius 2 is 1.60 bits per heavy atom. The number of benzene rings is 2. The summed E-state index contributed by atoms with van der Waals surface area (Å²) in [6.07, 6.45) is 3.84. The van der Waals surface area contributed by atoms with Crippen LogP contribution in [-0.2, 0) is 24.0 Å². The number of aliphatic hydroxyl groups is 1. The molecule has 0 radical (unpaired) electrons. The Hall–Kier alpha value is -2.68. The highest BCUT2D eigenvalue weighted by molar-refractivity contribution is 5.28. The van der Waals surface area contributed by atoms with Gasteiger partial charge >= 0.3 is 0 Å². The fourth-order valence-electron chi connectivity index (χ4n) is 4.67. The van der Waals surface area contributed by atoms with E-state index in [-0.39, 0.29) is 24.1 Å². The van der Waals surface area contributed by atoms with E-state index >= 15 is 0 Å². The molecule has 6 nitrogen and oxygen atoms in total. The first-order valence-corrected chi connectivity index (χ1v) is 12.2. The van der Waals surface area contributed by atoms with Crippen LogP contribution in [0.1, 0.15) is 37.5 Å². The van der Waals surface area contributed by atoms with Crippen molar-refractivity contribution in [2.75, 3.05) is 39.3 Å².